The van der Waals surface area contributed by atoms with Crippen LogP contribution in [-0.2, 0) is 7.05 Å². The topological polar surface area (TPSA) is 21.4 Å². The van der Waals surface area contributed by atoms with E-state index < -0.39 is 18.1 Å². The van der Waals surface area contributed by atoms with Crippen molar-refractivity contribution in [3.05, 3.63) is 95.4 Å². The third-order valence-corrected chi connectivity index (χ3v) is 5.60. The van der Waals surface area contributed by atoms with Crippen LogP contribution in [0, 0.1) is 20.4 Å². The summed E-state index contributed by atoms with van der Waals surface area (Å²) in [6.45, 7) is 11.8. The molecular formula is C27H21N2O+. The lowest BCUT2D eigenvalue weighted by molar-refractivity contribution is -0.666. The van der Waals surface area contributed by atoms with Crippen molar-refractivity contribution in [2.24, 2.45) is 7.05 Å². The van der Waals surface area contributed by atoms with E-state index in [1.807, 2.05) is 51.2 Å². The fourth-order valence-electron chi connectivity index (χ4n) is 3.96. The highest BCUT2D eigenvalue weighted by Gasteiger charge is 2.23. The van der Waals surface area contributed by atoms with E-state index in [1.54, 1.807) is 12.1 Å². The standard InChI is InChI=1S/C27H21N2O/c1-17-13-14-20-21-15-16-22(28-3)25(19-10-6-5-7-11-19)27(21)30-26(20)24(17)23-12-8-9-18(2)29(23)4/h5-16H,1-2,4H3/q+1/i5D,6D,7D,10D,11D. The zero-order chi connectivity index (χ0) is 25.2. The molecule has 2 heterocycles. The number of benzene rings is 3. The predicted octanol–water partition coefficient (Wildman–Crippen LogP) is 6.91. The highest BCUT2D eigenvalue weighted by molar-refractivity contribution is 6.15. The first-order valence-corrected chi connectivity index (χ1v) is 9.57. The zero-order valence-corrected chi connectivity index (χ0v) is 16.8. The third-order valence-electron chi connectivity index (χ3n) is 5.60. The molecule has 30 heavy (non-hydrogen) atoms. The van der Waals surface area contributed by atoms with Gasteiger partial charge >= 0.3 is 0 Å². The Hall–Kier alpha value is -3.90. The second-order valence-electron chi connectivity index (χ2n) is 7.30. The maximum atomic E-state index is 8.50. The van der Waals surface area contributed by atoms with Crippen molar-refractivity contribution < 1.29 is 15.8 Å². The Morgan fingerprint density at radius 2 is 1.60 bits per heavy atom. The van der Waals surface area contributed by atoms with E-state index in [4.69, 9.17) is 17.8 Å². The third kappa shape index (κ3) is 2.62. The number of pyridine rings is 1. The molecule has 0 atom stereocenters. The van der Waals surface area contributed by atoms with Crippen molar-refractivity contribution in [2.75, 3.05) is 0 Å². The summed E-state index contributed by atoms with van der Waals surface area (Å²) in [5.41, 5.74) is 5.23. The van der Waals surface area contributed by atoms with Gasteiger partial charge in [0.2, 0.25) is 5.69 Å². The van der Waals surface area contributed by atoms with Gasteiger partial charge in [0.15, 0.2) is 11.4 Å². The summed E-state index contributed by atoms with van der Waals surface area (Å²) in [5.74, 6) is 0. The van der Waals surface area contributed by atoms with Gasteiger partial charge in [0.25, 0.3) is 0 Å². The summed E-state index contributed by atoms with van der Waals surface area (Å²) in [6.07, 6.45) is 0. The molecule has 3 heteroatoms. The molecule has 0 aliphatic heterocycles. The summed E-state index contributed by atoms with van der Waals surface area (Å²) in [7, 11) is 1.99. The number of hydrogen-bond donors (Lipinski definition) is 0. The smallest absolute Gasteiger partial charge is 0.216 e. The monoisotopic (exact) mass is 394 g/mol. The first-order chi connectivity index (χ1) is 16.7. The van der Waals surface area contributed by atoms with Crippen molar-refractivity contribution in [1.82, 2.24) is 0 Å². The molecule has 0 aliphatic rings. The average Bonchev–Trinajstić information content (AvgIpc) is 3.22. The van der Waals surface area contributed by atoms with Crippen molar-refractivity contribution >= 4 is 27.6 Å². The Labute approximate surface area is 182 Å². The van der Waals surface area contributed by atoms with E-state index in [2.05, 4.69) is 9.41 Å². The first kappa shape index (κ1) is 13.3. The van der Waals surface area contributed by atoms with Crippen LogP contribution in [0.4, 0.5) is 5.69 Å². The summed E-state index contributed by atoms with van der Waals surface area (Å²) >= 11 is 0. The molecule has 5 aromatic rings. The zero-order valence-electron chi connectivity index (χ0n) is 21.8. The van der Waals surface area contributed by atoms with Crippen LogP contribution in [0.3, 0.4) is 0 Å². The fraction of sp³-hybridized carbons (Fsp3) is 0.111. The highest BCUT2D eigenvalue weighted by Crippen LogP contribution is 2.44. The number of hydrogen-bond acceptors (Lipinski definition) is 1. The molecule has 3 aromatic carbocycles. The van der Waals surface area contributed by atoms with Gasteiger partial charge in [-0.3, -0.25) is 0 Å². The van der Waals surface area contributed by atoms with Gasteiger partial charge in [-0.1, -0.05) is 54.5 Å². The largest absolute Gasteiger partial charge is 0.456 e. The molecule has 0 N–H and O–H groups in total. The van der Waals surface area contributed by atoms with Crippen LogP contribution < -0.4 is 4.57 Å². The van der Waals surface area contributed by atoms with E-state index in [9.17, 15) is 0 Å². The maximum Gasteiger partial charge on any atom is 0.216 e. The lowest BCUT2D eigenvalue weighted by Gasteiger charge is -2.06. The average molecular weight is 395 g/mol. The Bertz CT molecular complexity index is 1720. The molecule has 0 saturated heterocycles. The van der Waals surface area contributed by atoms with Crippen LogP contribution in [0.5, 0.6) is 0 Å². The van der Waals surface area contributed by atoms with Crippen molar-refractivity contribution in [2.45, 2.75) is 13.8 Å². The molecule has 0 aliphatic carbocycles. The number of furan rings is 1. The minimum atomic E-state index is -0.477. The Balaban J connectivity index is 1.98. The molecule has 0 amide bonds. The molecular weight excluding hydrogens is 368 g/mol. The first-order valence-electron chi connectivity index (χ1n) is 12.1. The van der Waals surface area contributed by atoms with Gasteiger partial charge < -0.3 is 4.42 Å². The molecule has 0 saturated carbocycles. The lowest BCUT2D eigenvalue weighted by Crippen LogP contribution is -2.34. The van der Waals surface area contributed by atoms with Gasteiger partial charge in [0.05, 0.1) is 19.0 Å². The summed E-state index contributed by atoms with van der Waals surface area (Å²) < 4.78 is 49.7. The second kappa shape index (κ2) is 6.86. The second-order valence-corrected chi connectivity index (χ2v) is 7.30. The van der Waals surface area contributed by atoms with E-state index >= 15 is 0 Å². The quantitative estimate of drug-likeness (QED) is 0.235. The molecule has 0 radical (unpaired) electrons. The summed E-state index contributed by atoms with van der Waals surface area (Å²) in [5, 5.41) is 1.54. The molecule has 144 valence electrons. The number of rotatable bonds is 2. The van der Waals surface area contributed by atoms with Crippen LogP contribution in [0.15, 0.2) is 77.1 Å². The van der Waals surface area contributed by atoms with Crippen molar-refractivity contribution in [1.29, 1.82) is 0 Å². The predicted molar refractivity (Wildman–Crippen MR) is 122 cm³/mol. The molecule has 0 unspecified atom stereocenters. The van der Waals surface area contributed by atoms with Gasteiger partial charge in [0, 0.05) is 35.4 Å². The van der Waals surface area contributed by atoms with Gasteiger partial charge in [-0.2, -0.15) is 4.57 Å². The van der Waals surface area contributed by atoms with E-state index in [1.165, 1.54) is 0 Å². The molecule has 0 bridgehead atoms. The van der Waals surface area contributed by atoms with Crippen LogP contribution in [0.2, 0.25) is 0 Å². The SMILES string of the molecule is [2H]c1c([2H])c([2H])c(-c2c([N+]#[C-])ccc3c2oc2c(-c4cccc(C)[n+]4C)c(C)ccc23)c([2H])c1[2H]. The van der Waals surface area contributed by atoms with Gasteiger partial charge in [-0.05, 0) is 24.1 Å². The Kier molecular flexibility index (Phi) is 3.05. The number of fused-ring (bicyclic) bond motifs is 3. The highest BCUT2D eigenvalue weighted by atomic mass is 16.3. The summed E-state index contributed by atoms with van der Waals surface area (Å²) in [6, 6.07) is 11.3. The van der Waals surface area contributed by atoms with E-state index in [0.717, 1.165) is 27.9 Å². The van der Waals surface area contributed by atoms with Gasteiger partial charge in [-0.25, -0.2) is 4.85 Å². The summed E-state index contributed by atoms with van der Waals surface area (Å²) in [4.78, 5) is 3.60. The van der Waals surface area contributed by atoms with Crippen LogP contribution in [0.1, 0.15) is 18.1 Å². The van der Waals surface area contributed by atoms with E-state index in [0.29, 0.717) is 16.6 Å². The van der Waals surface area contributed by atoms with Crippen LogP contribution in [0.25, 0.3) is 49.2 Å². The Morgan fingerprint density at radius 1 is 0.900 bits per heavy atom. The molecule has 0 fully saturated rings. The number of aromatic nitrogens is 1. The Morgan fingerprint density at radius 3 is 2.33 bits per heavy atom. The molecule has 3 nitrogen and oxygen atoms in total. The van der Waals surface area contributed by atoms with Crippen molar-refractivity contribution in [3.8, 4) is 22.4 Å². The lowest BCUT2D eigenvalue weighted by atomic mass is 9.98. The number of aryl methyl sites for hydroxylation is 2. The van der Waals surface area contributed by atoms with Gasteiger partial charge in [0.1, 0.15) is 18.2 Å². The van der Waals surface area contributed by atoms with Gasteiger partial charge in [-0.15, -0.1) is 0 Å². The van der Waals surface area contributed by atoms with E-state index in [-0.39, 0.29) is 28.9 Å². The fourth-order valence-corrected chi connectivity index (χ4v) is 3.96. The number of nitrogens with zero attached hydrogens (tertiary/aromatic N) is 2. The maximum absolute atomic E-state index is 8.50. The molecule has 2 aromatic heterocycles. The minimum absolute atomic E-state index is 0.0361. The molecule has 5 rings (SSSR count). The normalized spacial score (nSPS) is 13.5. The van der Waals surface area contributed by atoms with Crippen LogP contribution in [-0.4, -0.2) is 0 Å². The van der Waals surface area contributed by atoms with Crippen LogP contribution >= 0.6 is 0 Å². The minimum Gasteiger partial charge on any atom is -0.456 e. The molecule has 0 spiro atoms. The van der Waals surface area contributed by atoms with Crippen molar-refractivity contribution in [3.63, 3.8) is 0 Å².